The van der Waals surface area contributed by atoms with Crippen molar-refractivity contribution in [2.24, 2.45) is 0 Å². The van der Waals surface area contributed by atoms with E-state index in [1.54, 1.807) is 0 Å². The molecule has 0 unspecified atom stereocenters. The zero-order valence-electron chi connectivity index (χ0n) is 8.95. The summed E-state index contributed by atoms with van der Waals surface area (Å²) in [6.45, 7) is 2.01. The number of nitrogens with zero attached hydrogens (tertiary/aromatic N) is 1. The maximum atomic E-state index is 8.31. The topological polar surface area (TPSA) is 23.8 Å². The molecule has 1 nitrogen and oxygen atoms in total. The Kier molecular flexibility index (Phi) is 10.6. The molecule has 0 aromatic carbocycles. The molecule has 0 spiro atoms. The van der Waals surface area contributed by atoms with E-state index in [-0.39, 0.29) is 0 Å². The van der Waals surface area contributed by atoms with Gasteiger partial charge in [0, 0.05) is 6.42 Å². The second-order valence-electron chi connectivity index (χ2n) is 3.06. The van der Waals surface area contributed by atoms with E-state index in [1.165, 1.54) is 0 Å². The highest BCUT2D eigenvalue weighted by molar-refractivity contribution is 5.03. The van der Waals surface area contributed by atoms with Crippen LogP contribution in [-0.4, -0.2) is 0 Å². The van der Waals surface area contributed by atoms with Crippen LogP contribution in [0.5, 0.6) is 0 Å². The van der Waals surface area contributed by atoms with E-state index in [4.69, 9.17) is 5.26 Å². The highest BCUT2D eigenvalue weighted by Gasteiger charge is 1.83. The molecule has 0 radical (unpaired) electrons. The van der Waals surface area contributed by atoms with E-state index in [0.29, 0.717) is 6.42 Å². The highest BCUT2D eigenvalue weighted by atomic mass is 14.2. The quantitative estimate of drug-likeness (QED) is 0.335. The third kappa shape index (κ3) is 10.7. The minimum Gasteiger partial charge on any atom is -0.198 e. The van der Waals surface area contributed by atoms with E-state index in [9.17, 15) is 0 Å². The molecule has 0 rings (SSSR count). The average molecular weight is 189 g/mol. The van der Waals surface area contributed by atoms with Crippen molar-refractivity contribution in [1.29, 1.82) is 5.26 Å². The van der Waals surface area contributed by atoms with Gasteiger partial charge >= 0.3 is 0 Å². The first-order valence-electron chi connectivity index (χ1n) is 5.21. The smallest absolute Gasteiger partial charge is 0.0621 e. The van der Waals surface area contributed by atoms with Gasteiger partial charge in [0.15, 0.2) is 0 Å². The number of rotatable bonds is 7. The van der Waals surface area contributed by atoms with Crippen LogP contribution in [0.15, 0.2) is 36.5 Å². The molecule has 0 saturated carbocycles. The van der Waals surface area contributed by atoms with Crippen LogP contribution in [0, 0.1) is 11.3 Å². The number of nitriles is 1. The van der Waals surface area contributed by atoms with E-state index in [0.717, 1.165) is 25.7 Å². The summed E-state index contributed by atoms with van der Waals surface area (Å²) < 4.78 is 0. The molecule has 0 aromatic rings. The Hall–Kier alpha value is -1.29. The monoisotopic (exact) mass is 189 g/mol. The molecule has 0 aromatic heterocycles. The molecule has 0 aliphatic carbocycles. The van der Waals surface area contributed by atoms with Crippen LogP contribution in [-0.2, 0) is 0 Å². The number of unbranched alkanes of at least 4 members (excludes halogenated alkanes) is 3. The van der Waals surface area contributed by atoms with E-state index in [1.807, 2.05) is 19.1 Å². The van der Waals surface area contributed by atoms with Crippen LogP contribution in [0.3, 0.4) is 0 Å². The van der Waals surface area contributed by atoms with Gasteiger partial charge in [0.2, 0.25) is 0 Å². The molecular weight excluding hydrogens is 170 g/mol. The molecule has 1 heteroatoms. The fourth-order valence-corrected chi connectivity index (χ4v) is 1.03. The molecule has 0 saturated heterocycles. The van der Waals surface area contributed by atoms with Crippen LogP contribution in [0.1, 0.15) is 39.0 Å². The Labute approximate surface area is 87.4 Å². The summed E-state index contributed by atoms with van der Waals surface area (Å²) in [6, 6.07) is 2.15. The Morgan fingerprint density at radius 1 is 1.07 bits per heavy atom. The third-order valence-electron chi connectivity index (χ3n) is 1.79. The van der Waals surface area contributed by atoms with Gasteiger partial charge in [0.05, 0.1) is 6.07 Å². The van der Waals surface area contributed by atoms with Crippen molar-refractivity contribution in [3.05, 3.63) is 36.5 Å². The zero-order valence-corrected chi connectivity index (χ0v) is 8.95. The fraction of sp³-hybridized carbons (Fsp3) is 0.462. The number of hydrogen-bond donors (Lipinski definition) is 0. The third-order valence-corrected chi connectivity index (χ3v) is 1.79. The van der Waals surface area contributed by atoms with Gasteiger partial charge in [0.25, 0.3) is 0 Å². The van der Waals surface area contributed by atoms with Crippen molar-refractivity contribution in [1.82, 2.24) is 0 Å². The Balaban J connectivity index is 3.24. The lowest BCUT2D eigenvalue weighted by Crippen LogP contribution is -1.71. The molecule has 0 heterocycles. The summed E-state index contributed by atoms with van der Waals surface area (Å²) in [7, 11) is 0. The van der Waals surface area contributed by atoms with Gasteiger partial charge in [0.1, 0.15) is 0 Å². The van der Waals surface area contributed by atoms with Gasteiger partial charge in [-0.15, -0.1) is 0 Å². The van der Waals surface area contributed by atoms with E-state index < -0.39 is 0 Å². The maximum Gasteiger partial charge on any atom is 0.0621 e. The maximum absolute atomic E-state index is 8.31. The molecule has 0 aliphatic heterocycles. The van der Waals surface area contributed by atoms with Gasteiger partial charge in [-0.3, -0.25) is 0 Å². The minimum atomic E-state index is 0.690. The van der Waals surface area contributed by atoms with Crippen molar-refractivity contribution >= 4 is 0 Å². The minimum absolute atomic E-state index is 0.690. The summed E-state index contributed by atoms with van der Waals surface area (Å²) in [5.41, 5.74) is 0. The fourth-order valence-electron chi connectivity index (χ4n) is 1.03. The first-order valence-corrected chi connectivity index (χ1v) is 5.21. The first-order chi connectivity index (χ1) is 6.91. The van der Waals surface area contributed by atoms with Crippen LogP contribution in [0.4, 0.5) is 0 Å². The standard InChI is InChI=1S/C13H19N/c1-2-3-4-5-6-7-8-9-10-11-12-13-14/h2-5,7-8H,6,9-12H2,1H3/b3-2+,5-4+,8-7+. The van der Waals surface area contributed by atoms with Gasteiger partial charge in [-0.05, 0) is 32.6 Å². The molecule has 0 atom stereocenters. The molecule has 0 amide bonds. The van der Waals surface area contributed by atoms with Crippen LogP contribution < -0.4 is 0 Å². The Morgan fingerprint density at radius 3 is 2.64 bits per heavy atom. The number of hydrogen-bond acceptors (Lipinski definition) is 1. The summed E-state index contributed by atoms with van der Waals surface area (Å²) in [6.07, 6.45) is 17.5. The summed E-state index contributed by atoms with van der Waals surface area (Å²) in [5, 5.41) is 8.31. The molecule has 0 N–H and O–H groups in total. The van der Waals surface area contributed by atoms with Crippen molar-refractivity contribution in [2.45, 2.75) is 39.0 Å². The molecule has 76 valence electrons. The van der Waals surface area contributed by atoms with Crippen LogP contribution in [0.2, 0.25) is 0 Å². The predicted octanol–water partition coefficient (Wildman–Crippen LogP) is 4.15. The molecule has 0 bridgehead atoms. The van der Waals surface area contributed by atoms with Crippen molar-refractivity contribution in [3.63, 3.8) is 0 Å². The first kappa shape index (κ1) is 12.7. The summed E-state index contributed by atoms with van der Waals surface area (Å²) >= 11 is 0. The normalized spacial score (nSPS) is 11.7. The Morgan fingerprint density at radius 2 is 1.93 bits per heavy atom. The summed E-state index contributed by atoms with van der Waals surface area (Å²) in [4.78, 5) is 0. The predicted molar refractivity (Wildman–Crippen MR) is 61.8 cm³/mol. The van der Waals surface area contributed by atoms with Crippen molar-refractivity contribution in [3.8, 4) is 6.07 Å². The van der Waals surface area contributed by atoms with E-state index in [2.05, 4.69) is 30.4 Å². The second kappa shape index (κ2) is 11.7. The molecular formula is C13H19N. The van der Waals surface area contributed by atoms with Gasteiger partial charge in [-0.2, -0.15) is 5.26 Å². The SMILES string of the molecule is C/C=C/C=C/C/C=C/CCCCC#N. The van der Waals surface area contributed by atoms with Gasteiger partial charge in [-0.25, -0.2) is 0 Å². The zero-order chi connectivity index (χ0) is 10.5. The van der Waals surface area contributed by atoms with Gasteiger partial charge in [-0.1, -0.05) is 36.5 Å². The molecule has 14 heavy (non-hydrogen) atoms. The lowest BCUT2D eigenvalue weighted by Gasteiger charge is -1.89. The van der Waals surface area contributed by atoms with Gasteiger partial charge < -0.3 is 0 Å². The van der Waals surface area contributed by atoms with Crippen molar-refractivity contribution < 1.29 is 0 Å². The lowest BCUT2D eigenvalue weighted by atomic mass is 10.2. The molecule has 0 aliphatic rings. The largest absolute Gasteiger partial charge is 0.198 e. The van der Waals surface area contributed by atoms with E-state index >= 15 is 0 Å². The number of allylic oxidation sites excluding steroid dienone is 6. The van der Waals surface area contributed by atoms with Crippen LogP contribution in [0.25, 0.3) is 0 Å². The average Bonchev–Trinajstić information content (AvgIpc) is 2.21. The lowest BCUT2D eigenvalue weighted by molar-refractivity contribution is 0.767. The second-order valence-corrected chi connectivity index (χ2v) is 3.06. The Bertz CT molecular complexity index is 228. The summed E-state index contributed by atoms with van der Waals surface area (Å²) in [5.74, 6) is 0. The van der Waals surface area contributed by atoms with Crippen LogP contribution >= 0.6 is 0 Å². The highest BCUT2D eigenvalue weighted by Crippen LogP contribution is 2.00. The molecule has 0 fully saturated rings. The van der Waals surface area contributed by atoms with Crippen molar-refractivity contribution in [2.75, 3.05) is 0 Å².